The normalized spacial score (nSPS) is 15.0. The SMILES string of the molecule is CCCC[C@H](NC(=O)[C@H](CS(=O)(=O)Cc1ccccc1)NC(=O)N1CCOCC1)C(=O)c1nnc(-c2ccccc2)o1. The number of carbonyl (C=O) groups excluding carboxylic acids is 3. The van der Waals surface area contributed by atoms with Gasteiger partial charge in [-0.25, -0.2) is 13.2 Å². The first-order chi connectivity index (χ1) is 20.3. The van der Waals surface area contributed by atoms with E-state index in [1.54, 1.807) is 54.6 Å². The van der Waals surface area contributed by atoms with Gasteiger partial charge in [-0.05, 0) is 24.1 Å². The lowest BCUT2D eigenvalue weighted by Crippen LogP contribution is -2.57. The second kappa shape index (κ2) is 14.7. The zero-order valence-corrected chi connectivity index (χ0v) is 24.2. The smallest absolute Gasteiger partial charge is 0.318 e. The van der Waals surface area contributed by atoms with Crippen LogP contribution in [-0.2, 0) is 25.1 Å². The topological polar surface area (TPSA) is 161 Å². The van der Waals surface area contributed by atoms with Crippen LogP contribution < -0.4 is 10.6 Å². The molecule has 12 nitrogen and oxygen atoms in total. The van der Waals surface area contributed by atoms with Crippen molar-refractivity contribution in [3.63, 3.8) is 0 Å². The maximum Gasteiger partial charge on any atom is 0.318 e. The van der Waals surface area contributed by atoms with Crippen molar-refractivity contribution in [2.24, 2.45) is 0 Å². The van der Waals surface area contributed by atoms with Crippen LogP contribution in [0.4, 0.5) is 4.79 Å². The van der Waals surface area contributed by atoms with E-state index >= 15 is 0 Å². The number of nitrogens with one attached hydrogen (secondary N) is 2. The summed E-state index contributed by atoms with van der Waals surface area (Å²) < 4.78 is 37.2. The Balaban J connectivity index is 1.53. The second-order valence-electron chi connectivity index (χ2n) is 9.99. The van der Waals surface area contributed by atoms with Crippen molar-refractivity contribution in [1.29, 1.82) is 0 Å². The number of amides is 3. The number of morpholine rings is 1. The van der Waals surface area contributed by atoms with E-state index in [2.05, 4.69) is 20.8 Å². The number of benzene rings is 2. The number of rotatable bonds is 13. The van der Waals surface area contributed by atoms with Crippen molar-refractivity contribution in [2.75, 3.05) is 32.1 Å². The van der Waals surface area contributed by atoms with Crippen LogP contribution in [0.1, 0.15) is 42.4 Å². The number of Topliss-reactive ketones (excluding diaryl/α,β-unsaturated/α-hetero) is 1. The molecule has 0 spiro atoms. The van der Waals surface area contributed by atoms with E-state index in [1.165, 1.54) is 4.90 Å². The Morgan fingerprint density at radius 3 is 2.26 bits per heavy atom. The zero-order chi connectivity index (χ0) is 30.0. The van der Waals surface area contributed by atoms with Gasteiger partial charge in [0, 0.05) is 18.7 Å². The molecule has 3 aromatic rings. The molecule has 2 N–H and O–H groups in total. The molecule has 2 heterocycles. The fourth-order valence-electron chi connectivity index (χ4n) is 4.45. The molecule has 0 bridgehead atoms. The molecule has 1 aliphatic rings. The van der Waals surface area contributed by atoms with Gasteiger partial charge in [0.1, 0.15) is 6.04 Å². The molecule has 224 valence electrons. The Kier molecular flexibility index (Phi) is 10.8. The average molecular weight is 598 g/mol. The van der Waals surface area contributed by atoms with Crippen molar-refractivity contribution < 1.29 is 32.0 Å². The standard InChI is InChI=1S/C29H35N5O7S/c1-2-3-14-23(25(35)28-33-32-27(41-28)22-12-8-5-9-13-22)30-26(36)24(31-29(37)34-15-17-40-18-16-34)20-42(38,39)19-21-10-6-4-7-11-21/h4-13,23-24H,2-3,14-20H2,1H3,(H,30,36)(H,31,37)/t23-,24-/m0/s1. The first-order valence-corrected chi connectivity index (χ1v) is 15.7. The highest BCUT2D eigenvalue weighted by molar-refractivity contribution is 7.90. The van der Waals surface area contributed by atoms with Gasteiger partial charge in [0.15, 0.2) is 9.84 Å². The Morgan fingerprint density at radius 2 is 1.60 bits per heavy atom. The highest BCUT2D eigenvalue weighted by atomic mass is 32.2. The van der Waals surface area contributed by atoms with Gasteiger partial charge in [0.2, 0.25) is 17.6 Å². The van der Waals surface area contributed by atoms with Crippen molar-refractivity contribution in [2.45, 2.75) is 44.0 Å². The summed E-state index contributed by atoms with van der Waals surface area (Å²) in [5.41, 5.74) is 1.19. The molecular formula is C29H35N5O7S. The minimum Gasteiger partial charge on any atom is -0.414 e. The van der Waals surface area contributed by atoms with Crippen molar-refractivity contribution in [3.05, 3.63) is 72.1 Å². The maximum atomic E-state index is 13.6. The van der Waals surface area contributed by atoms with Gasteiger partial charge in [-0.1, -0.05) is 68.3 Å². The van der Waals surface area contributed by atoms with Gasteiger partial charge in [-0.3, -0.25) is 9.59 Å². The predicted molar refractivity (Wildman–Crippen MR) is 154 cm³/mol. The summed E-state index contributed by atoms with van der Waals surface area (Å²) in [4.78, 5) is 41.4. The molecule has 0 radical (unpaired) electrons. The first-order valence-electron chi connectivity index (χ1n) is 13.9. The van der Waals surface area contributed by atoms with Crippen LogP contribution >= 0.6 is 0 Å². The van der Waals surface area contributed by atoms with Crippen LogP contribution in [0.15, 0.2) is 65.1 Å². The fourth-order valence-corrected chi connectivity index (χ4v) is 6.01. The van der Waals surface area contributed by atoms with Crippen LogP contribution in [0.25, 0.3) is 11.5 Å². The Bertz CT molecular complexity index is 1440. The number of ether oxygens (including phenoxy) is 1. The summed E-state index contributed by atoms with van der Waals surface area (Å²) in [5.74, 6) is -2.49. The third-order valence-corrected chi connectivity index (χ3v) is 8.31. The summed E-state index contributed by atoms with van der Waals surface area (Å²) in [5, 5.41) is 13.1. The number of carbonyl (C=O) groups is 3. The highest BCUT2D eigenvalue weighted by Gasteiger charge is 2.33. The van der Waals surface area contributed by atoms with Gasteiger partial charge in [-0.2, -0.15) is 0 Å². The van der Waals surface area contributed by atoms with Gasteiger partial charge < -0.3 is 24.7 Å². The lowest BCUT2D eigenvalue weighted by atomic mass is 10.0. The molecule has 0 aliphatic carbocycles. The Hall–Kier alpha value is -4.10. The third kappa shape index (κ3) is 8.70. The highest BCUT2D eigenvalue weighted by Crippen LogP contribution is 2.19. The lowest BCUT2D eigenvalue weighted by molar-refractivity contribution is -0.123. The first kappa shape index (κ1) is 30.8. The van der Waals surface area contributed by atoms with Crippen molar-refractivity contribution >= 4 is 27.6 Å². The molecule has 0 unspecified atom stereocenters. The van der Waals surface area contributed by atoms with Gasteiger partial charge >= 0.3 is 6.03 Å². The van der Waals surface area contributed by atoms with Crippen molar-refractivity contribution in [3.8, 4) is 11.5 Å². The van der Waals surface area contributed by atoms with Crippen molar-refractivity contribution in [1.82, 2.24) is 25.7 Å². The number of urea groups is 1. The zero-order valence-electron chi connectivity index (χ0n) is 23.4. The number of ketones is 1. The third-order valence-electron chi connectivity index (χ3n) is 6.70. The molecule has 1 aromatic heterocycles. The molecule has 1 fully saturated rings. The number of sulfone groups is 1. The molecule has 4 rings (SSSR count). The maximum absolute atomic E-state index is 13.6. The number of hydrogen-bond donors (Lipinski definition) is 2. The van der Waals surface area contributed by atoms with E-state index in [9.17, 15) is 22.8 Å². The number of aromatic nitrogens is 2. The Morgan fingerprint density at radius 1 is 0.929 bits per heavy atom. The van der Waals surface area contributed by atoms with E-state index in [-0.39, 0.29) is 24.0 Å². The number of hydrogen-bond acceptors (Lipinski definition) is 9. The van der Waals surface area contributed by atoms with E-state index in [0.29, 0.717) is 43.9 Å². The average Bonchev–Trinajstić information content (AvgIpc) is 3.50. The van der Waals surface area contributed by atoms with Crippen LogP contribution in [-0.4, -0.2) is 85.4 Å². The molecule has 3 amide bonds. The summed E-state index contributed by atoms with van der Waals surface area (Å²) in [6.45, 7) is 3.20. The minimum absolute atomic E-state index is 0.155. The number of unbranched alkanes of at least 4 members (excludes halogenated alkanes) is 1. The minimum atomic E-state index is -3.85. The number of nitrogens with zero attached hydrogens (tertiary/aromatic N) is 3. The van der Waals surface area contributed by atoms with Crippen LogP contribution in [0.5, 0.6) is 0 Å². The van der Waals surface area contributed by atoms with Crippen LogP contribution in [0.3, 0.4) is 0 Å². The Labute approximate surface area is 244 Å². The van der Waals surface area contributed by atoms with Gasteiger partial charge in [-0.15, -0.1) is 10.2 Å². The second-order valence-corrected chi connectivity index (χ2v) is 12.1. The quantitative estimate of drug-likeness (QED) is 0.282. The summed E-state index contributed by atoms with van der Waals surface area (Å²) in [6, 6.07) is 14.4. The van der Waals surface area contributed by atoms with Gasteiger partial charge in [0.25, 0.3) is 5.89 Å². The molecule has 13 heteroatoms. The summed E-state index contributed by atoms with van der Waals surface area (Å²) in [6.07, 6.45) is 1.58. The molecular weight excluding hydrogens is 562 g/mol. The summed E-state index contributed by atoms with van der Waals surface area (Å²) >= 11 is 0. The van der Waals surface area contributed by atoms with Crippen LogP contribution in [0, 0.1) is 0 Å². The molecule has 1 aliphatic heterocycles. The van der Waals surface area contributed by atoms with E-state index < -0.39 is 45.4 Å². The molecule has 42 heavy (non-hydrogen) atoms. The van der Waals surface area contributed by atoms with E-state index in [0.717, 1.165) is 6.42 Å². The fraction of sp³-hybridized carbons (Fsp3) is 0.414. The van der Waals surface area contributed by atoms with Gasteiger partial charge in [0.05, 0.1) is 30.8 Å². The predicted octanol–water partition coefficient (Wildman–Crippen LogP) is 2.62. The lowest BCUT2D eigenvalue weighted by Gasteiger charge is -2.29. The van der Waals surface area contributed by atoms with Crippen LogP contribution in [0.2, 0.25) is 0 Å². The van der Waals surface area contributed by atoms with E-state index in [4.69, 9.17) is 9.15 Å². The molecule has 2 aromatic carbocycles. The largest absolute Gasteiger partial charge is 0.414 e. The summed E-state index contributed by atoms with van der Waals surface area (Å²) in [7, 11) is -3.85. The molecule has 0 saturated carbocycles. The van der Waals surface area contributed by atoms with E-state index in [1.807, 2.05) is 13.0 Å². The monoisotopic (exact) mass is 597 g/mol. The molecule has 2 atom stereocenters. The molecule has 1 saturated heterocycles.